The van der Waals surface area contributed by atoms with E-state index in [0.717, 1.165) is 13.0 Å². The number of benzene rings is 2. The monoisotopic (exact) mass is 493 g/mol. The molecule has 4 rings (SSSR count). The topological polar surface area (TPSA) is 71.4 Å². The van der Waals surface area contributed by atoms with Crippen LogP contribution in [0.5, 0.6) is 0 Å². The first kappa shape index (κ1) is 23.1. The highest BCUT2D eigenvalue weighted by Crippen LogP contribution is 2.30. The Morgan fingerprint density at radius 3 is 2.59 bits per heavy atom. The smallest absolute Gasteiger partial charge is 0.244 e. The van der Waals surface area contributed by atoms with Gasteiger partial charge in [-0.1, -0.05) is 41.4 Å². The predicted octanol–water partition coefficient (Wildman–Crippen LogP) is 4.56. The van der Waals surface area contributed by atoms with Crippen molar-refractivity contribution in [3.05, 3.63) is 64.8 Å². The standard InChI is InChI=1S/C23H25Cl2N3O3S/c24-19-6-7-20(25)22(16-19)32(30,31)28-14-9-18(10-15-28)23(29)26-11-3-12-27-13-8-17-4-1-2-5-21(17)27/h1-2,4-8,13,16,18H,3,9-12,14-15H2,(H,26,29). The Morgan fingerprint density at radius 2 is 1.81 bits per heavy atom. The second-order valence-electron chi connectivity index (χ2n) is 7.97. The van der Waals surface area contributed by atoms with Crippen LogP contribution in [0.3, 0.4) is 0 Å². The van der Waals surface area contributed by atoms with Gasteiger partial charge in [-0.2, -0.15) is 4.31 Å². The lowest BCUT2D eigenvalue weighted by Gasteiger charge is -2.30. The van der Waals surface area contributed by atoms with Crippen LogP contribution in [0.25, 0.3) is 10.9 Å². The van der Waals surface area contributed by atoms with Crippen LogP contribution in [0.2, 0.25) is 10.0 Å². The molecule has 32 heavy (non-hydrogen) atoms. The average molecular weight is 494 g/mol. The molecule has 6 nitrogen and oxygen atoms in total. The number of halogens is 2. The number of para-hydroxylation sites is 1. The van der Waals surface area contributed by atoms with Crippen LogP contribution in [-0.2, 0) is 21.4 Å². The first-order valence-electron chi connectivity index (χ1n) is 10.6. The van der Waals surface area contributed by atoms with E-state index in [0.29, 0.717) is 24.4 Å². The first-order chi connectivity index (χ1) is 15.4. The highest BCUT2D eigenvalue weighted by atomic mass is 35.5. The number of hydrogen-bond donors (Lipinski definition) is 1. The average Bonchev–Trinajstić information content (AvgIpc) is 3.21. The highest BCUT2D eigenvalue weighted by molar-refractivity contribution is 7.89. The molecule has 1 amide bonds. The van der Waals surface area contributed by atoms with Gasteiger partial charge in [-0.3, -0.25) is 4.79 Å². The molecule has 2 heterocycles. The lowest BCUT2D eigenvalue weighted by atomic mass is 9.97. The van der Waals surface area contributed by atoms with E-state index in [9.17, 15) is 13.2 Å². The van der Waals surface area contributed by atoms with Gasteiger partial charge in [0, 0.05) is 48.8 Å². The third-order valence-corrected chi connectivity index (χ3v) is 8.51. The molecular weight excluding hydrogens is 469 g/mol. The second kappa shape index (κ2) is 9.83. The Balaban J connectivity index is 1.26. The number of carbonyl (C=O) groups is 1. The molecule has 1 saturated heterocycles. The molecule has 2 aromatic carbocycles. The highest BCUT2D eigenvalue weighted by Gasteiger charge is 2.33. The molecule has 1 aromatic heterocycles. The van der Waals surface area contributed by atoms with Gasteiger partial charge in [0.1, 0.15) is 4.90 Å². The summed E-state index contributed by atoms with van der Waals surface area (Å²) in [7, 11) is -3.75. The number of fused-ring (bicyclic) bond motifs is 1. The summed E-state index contributed by atoms with van der Waals surface area (Å²) in [5, 5.41) is 4.67. The number of aryl methyl sites for hydroxylation is 1. The second-order valence-corrected chi connectivity index (χ2v) is 10.7. The number of rotatable bonds is 7. The summed E-state index contributed by atoms with van der Waals surface area (Å²) < 4.78 is 29.4. The van der Waals surface area contributed by atoms with Crippen LogP contribution in [0.15, 0.2) is 59.6 Å². The largest absolute Gasteiger partial charge is 0.356 e. The Kier molecular flexibility index (Phi) is 7.10. The van der Waals surface area contributed by atoms with Crippen LogP contribution in [0, 0.1) is 5.92 Å². The van der Waals surface area contributed by atoms with E-state index in [1.54, 1.807) is 6.07 Å². The number of nitrogens with one attached hydrogen (secondary N) is 1. The zero-order valence-corrected chi connectivity index (χ0v) is 19.8. The number of aromatic nitrogens is 1. The molecule has 1 aliphatic heterocycles. The van der Waals surface area contributed by atoms with Crippen LogP contribution in [0.4, 0.5) is 0 Å². The molecule has 0 unspecified atom stereocenters. The van der Waals surface area contributed by atoms with Gasteiger partial charge >= 0.3 is 0 Å². The zero-order valence-electron chi connectivity index (χ0n) is 17.5. The maximum Gasteiger partial charge on any atom is 0.244 e. The molecule has 0 bridgehead atoms. The summed E-state index contributed by atoms with van der Waals surface area (Å²) in [5.41, 5.74) is 1.19. The van der Waals surface area contributed by atoms with E-state index < -0.39 is 10.0 Å². The van der Waals surface area contributed by atoms with Crippen molar-refractivity contribution in [3.8, 4) is 0 Å². The molecule has 0 aliphatic carbocycles. The number of sulfonamides is 1. The maximum absolute atomic E-state index is 12.9. The van der Waals surface area contributed by atoms with Crippen molar-refractivity contribution < 1.29 is 13.2 Å². The summed E-state index contributed by atoms with van der Waals surface area (Å²) in [6.45, 7) is 1.96. The Labute approximate surface area is 198 Å². The molecular formula is C23H25Cl2N3O3S. The van der Waals surface area contributed by atoms with E-state index in [1.807, 2.05) is 12.1 Å². The van der Waals surface area contributed by atoms with Crippen molar-refractivity contribution in [2.75, 3.05) is 19.6 Å². The van der Waals surface area contributed by atoms with Gasteiger partial charge in [0.15, 0.2) is 0 Å². The van der Waals surface area contributed by atoms with Gasteiger partial charge in [0.2, 0.25) is 15.9 Å². The number of carbonyl (C=O) groups excluding carboxylic acids is 1. The van der Waals surface area contributed by atoms with Crippen molar-refractivity contribution in [1.29, 1.82) is 0 Å². The van der Waals surface area contributed by atoms with Crippen LogP contribution in [0.1, 0.15) is 19.3 Å². The summed E-state index contributed by atoms with van der Waals surface area (Å²) in [5.74, 6) is -0.205. The molecule has 9 heteroatoms. The molecule has 3 aromatic rings. The van der Waals surface area contributed by atoms with Gasteiger partial charge in [0.25, 0.3) is 0 Å². The Hall–Kier alpha value is -2.06. The minimum absolute atomic E-state index is 0.00658. The quantitative estimate of drug-likeness (QED) is 0.490. The molecule has 1 fully saturated rings. The van der Waals surface area contributed by atoms with Crippen molar-refractivity contribution in [2.24, 2.45) is 5.92 Å². The Morgan fingerprint density at radius 1 is 1.06 bits per heavy atom. The van der Waals surface area contributed by atoms with E-state index in [1.165, 1.54) is 27.3 Å². The number of hydrogen-bond acceptors (Lipinski definition) is 3. The van der Waals surface area contributed by atoms with Gasteiger partial charge in [-0.05, 0) is 55.0 Å². The minimum Gasteiger partial charge on any atom is -0.356 e. The molecule has 0 atom stereocenters. The molecule has 0 spiro atoms. The minimum atomic E-state index is -3.75. The lowest BCUT2D eigenvalue weighted by Crippen LogP contribution is -2.43. The van der Waals surface area contributed by atoms with E-state index >= 15 is 0 Å². The normalized spacial score (nSPS) is 15.8. The van der Waals surface area contributed by atoms with Crippen LogP contribution < -0.4 is 5.32 Å². The molecule has 1 N–H and O–H groups in total. The summed E-state index contributed by atoms with van der Waals surface area (Å²) in [4.78, 5) is 12.6. The van der Waals surface area contributed by atoms with Gasteiger partial charge in [-0.25, -0.2) is 8.42 Å². The summed E-state index contributed by atoms with van der Waals surface area (Å²) in [6, 6.07) is 14.7. The lowest BCUT2D eigenvalue weighted by molar-refractivity contribution is -0.126. The van der Waals surface area contributed by atoms with E-state index in [-0.39, 0.29) is 34.8 Å². The molecule has 0 saturated carbocycles. The third kappa shape index (κ3) is 4.96. The van der Waals surface area contributed by atoms with Crippen LogP contribution >= 0.6 is 23.2 Å². The Bertz CT molecular complexity index is 1220. The van der Waals surface area contributed by atoms with Gasteiger partial charge in [-0.15, -0.1) is 0 Å². The fraction of sp³-hybridized carbons (Fsp3) is 0.348. The SMILES string of the molecule is O=C(NCCCn1ccc2ccccc21)C1CCN(S(=O)(=O)c2cc(Cl)ccc2Cl)CC1. The fourth-order valence-electron chi connectivity index (χ4n) is 4.11. The fourth-order valence-corrected chi connectivity index (χ4v) is 6.32. The number of amides is 1. The summed E-state index contributed by atoms with van der Waals surface area (Å²) in [6.07, 6.45) is 3.84. The molecule has 0 radical (unpaired) electrons. The number of piperidine rings is 1. The van der Waals surface area contributed by atoms with Gasteiger partial charge in [0.05, 0.1) is 5.02 Å². The van der Waals surface area contributed by atoms with Crippen molar-refractivity contribution in [2.45, 2.75) is 30.7 Å². The summed E-state index contributed by atoms with van der Waals surface area (Å²) >= 11 is 12.0. The van der Waals surface area contributed by atoms with Crippen molar-refractivity contribution >= 4 is 50.0 Å². The zero-order chi connectivity index (χ0) is 22.7. The van der Waals surface area contributed by atoms with Gasteiger partial charge < -0.3 is 9.88 Å². The molecule has 1 aliphatic rings. The first-order valence-corrected chi connectivity index (χ1v) is 12.8. The van der Waals surface area contributed by atoms with Crippen LogP contribution in [-0.4, -0.2) is 42.8 Å². The van der Waals surface area contributed by atoms with Crippen molar-refractivity contribution in [3.63, 3.8) is 0 Å². The third-order valence-electron chi connectivity index (χ3n) is 5.89. The number of nitrogens with zero attached hydrogens (tertiary/aromatic N) is 2. The van der Waals surface area contributed by atoms with E-state index in [2.05, 4.69) is 34.3 Å². The van der Waals surface area contributed by atoms with Crippen molar-refractivity contribution in [1.82, 2.24) is 14.2 Å². The maximum atomic E-state index is 12.9. The molecule has 170 valence electrons. The predicted molar refractivity (Wildman–Crippen MR) is 128 cm³/mol. The van der Waals surface area contributed by atoms with E-state index in [4.69, 9.17) is 23.2 Å².